The Kier molecular flexibility index (Phi) is 4.07. The van der Waals surface area contributed by atoms with E-state index in [1.807, 2.05) is 0 Å². The Morgan fingerprint density at radius 1 is 0.944 bits per heavy atom. The standard InChI is InChI=1S/C12H6Cl3NO2/c13-7-5-10(14)12(11(15)6-7)18-9-3-1-8(16-17)2-4-9/h1-6H. The van der Waals surface area contributed by atoms with Crippen molar-refractivity contribution in [1.29, 1.82) is 0 Å². The molecular weight excluding hydrogens is 296 g/mol. The van der Waals surface area contributed by atoms with Crippen molar-refractivity contribution in [3.63, 3.8) is 0 Å². The van der Waals surface area contributed by atoms with Gasteiger partial charge in [-0.15, -0.1) is 4.91 Å². The predicted molar refractivity (Wildman–Crippen MR) is 73.4 cm³/mol. The lowest BCUT2D eigenvalue weighted by Crippen LogP contribution is -1.86. The molecule has 0 saturated carbocycles. The molecule has 0 spiro atoms. The summed E-state index contributed by atoms with van der Waals surface area (Å²) >= 11 is 17.8. The first-order valence-corrected chi connectivity index (χ1v) is 5.99. The average molecular weight is 303 g/mol. The summed E-state index contributed by atoms with van der Waals surface area (Å²) in [5.41, 5.74) is 0.315. The molecule has 0 unspecified atom stereocenters. The quantitative estimate of drug-likeness (QED) is 0.668. The van der Waals surface area contributed by atoms with Crippen LogP contribution in [0.15, 0.2) is 41.6 Å². The minimum atomic E-state index is 0.310. The summed E-state index contributed by atoms with van der Waals surface area (Å²) in [6, 6.07) is 9.31. The molecule has 92 valence electrons. The van der Waals surface area contributed by atoms with Crippen LogP contribution in [-0.2, 0) is 0 Å². The molecule has 0 aliphatic heterocycles. The number of nitrogens with zero attached hydrogens (tertiary/aromatic N) is 1. The number of rotatable bonds is 3. The van der Waals surface area contributed by atoms with E-state index in [0.29, 0.717) is 32.3 Å². The van der Waals surface area contributed by atoms with Crippen molar-refractivity contribution in [2.75, 3.05) is 0 Å². The Balaban J connectivity index is 2.30. The SMILES string of the molecule is O=Nc1ccc(Oc2c(Cl)cc(Cl)cc2Cl)cc1. The van der Waals surface area contributed by atoms with Crippen LogP contribution in [0.25, 0.3) is 0 Å². The first-order valence-electron chi connectivity index (χ1n) is 4.86. The molecule has 0 fully saturated rings. The third kappa shape index (κ3) is 2.93. The molecule has 0 saturated heterocycles. The van der Waals surface area contributed by atoms with Crippen LogP contribution in [0.3, 0.4) is 0 Å². The molecule has 0 aromatic heterocycles. The maximum atomic E-state index is 10.3. The van der Waals surface area contributed by atoms with E-state index >= 15 is 0 Å². The van der Waals surface area contributed by atoms with Gasteiger partial charge in [0, 0.05) is 5.02 Å². The fourth-order valence-corrected chi connectivity index (χ4v) is 2.21. The zero-order valence-electron chi connectivity index (χ0n) is 8.86. The van der Waals surface area contributed by atoms with Crippen LogP contribution in [0.5, 0.6) is 11.5 Å². The highest BCUT2D eigenvalue weighted by molar-refractivity contribution is 6.40. The van der Waals surface area contributed by atoms with Crippen LogP contribution in [0.1, 0.15) is 0 Å². The number of hydrogen-bond donors (Lipinski definition) is 0. The number of halogens is 3. The van der Waals surface area contributed by atoms with Gasteiger partial charge in [-0.05, 0) is 41.6 Å². The molecule has 0 bridgehead atoms. The molecule has 2 rings (SSSR count). The van der Waals surface area contributed by atoms with Crippen molar-refractivity contribution in [3.8, 4) is 11.5 Å². The second-order valence-electron chi connectivity index (χ2n) is 3.39. The molecule has 2 aromatic rings. The number of benzene rings is 2. The summed E-state index contributed by atoms with van der Waals surface area (Å²) in [4.78, 5) is 10.3. The zero-order chi connectivity index (χ0) is 13.1. The van der Waals surface area contributed by atoms with Gasteiger partial charge in [0.1, 0.15) is 11.4 Å². The Morgan fingerprint density at radius 2 is 1.50 bits per heavy atom. The van der Waals surface area contributed by atoms with Gasteiger partial charge in [-0.25, -0.2) is 0 Å². The molecule has 0 radical (unpaired) electrons. The number of nitroso groups, excluding NO2 is 1. The second-order valence-corrected chi connectivity index (χ2v) is 4.64. The smallest absolute Gasteiger partial charge is 0.164 e. The van der Waals surface area contributed by atoms with Crippen LogP contribution >= 0.6 is 34.8 Å². The van der Waals surface area contributed by atoms with E-state index in [-0.39, 0.29) is 0 Å². The molecular formula is C12H6Cl3NO2. The predicted octanol–water partition coefficient (Wildman–Crippen LogP) is 5.84. The highest BCUT2D eigenvalue weighted by Crippen LogP contribution is 2.38. The van der Waals surface area contributed by atoms with Gasteiger partial charge in [-0.3, -0.25) is 0 Å². The summed E-state index contributed by atoms with van der Waals surface area (Å²) in [5, 5.41) is 3.84. The molecule has 18 heavy (non-hydrogen) atoms. The topological polar surface area (TPSA) is 38.7 Å². The molecule has 0 aliphatic carbocycles. The molecule has 0 N–H and O–H groups in total. The van der Waals surface area contributed by atoms with Gasteiger partial charge in [0.15, 0.2) is 5.75 Å². The summed E-state index contributed by atoms with van der Waals surface area (Å²) in [5.74, 6) is 0.808. The van der Waals surface area contributed by atoms with E-state index in [1.54, 1.807) is 12.1 Å². The first kappa shape index (κ1) is 13.1. The minimum Gasteiger partial charge on any atom is -0.454 e. The van der Waals surface area contributed by atoms with E-state index in [9.17, 15) is 4.91 Å². The van der Waals surface area contributed by atoms with Crippen LogP contribution in [-0.4, -0.2) is 0 Å². The van der Waals surface area contributed by atoms with Crippen LogP contribution in [0.4, 0.5) is 5.69 Å². The molecule has 0 atom stereocenters. The lowest BCUT2D eigenvalue weighted by Gasteiger charge is -2.09. The van der Waals surface area contributed by atoms with Crippen LogP contribution < -0.4 is 4.74 Å². The summed E-state index contributed by atoms with van der Waals surface area (Å²) in [6.45, 7) is 0. The maximum absolute atomic E-state index is 10.3. The maximum Gasteiger partial charge on any atom is 0.164 e. The minimum absolute atomic E-state index is 0.310. The fourth-order valence-electron chi connectivity index (χ4n) is 1.32. The normalized spacial score (nSPS) is 10.2. The van der Waals surface area contributed by atoms with Crippen molar-refractivity contribution >= 4 is 40.5 Å². The third-order valence-electron chi connectivity index (χ3n) is 2.13. The first-order chi connectivity index (χ1) is 8.60. The van der Waals surface area contributed by atoms with E-state index in [2.05, 4.69) is 5.18 Å². The van der Waals surface area contributed by atoms with E-state index in [0.717, 1.165) is 0 Å². The van der Waals surface area contributed by atoms with Gasteiger partial charge < -0.3 is 4.74 Å². The molecule has 0 aliphatic rings. The van der Waals surface area contributed by atoms with Crippen LogP contribution in [0.2, 0.25) is 15.1 Å². The highest BCUT2D eigenvalue weighted by atomic mass is 35.5. The van der Waals surface area contributed by atoms with Crippen molar-refractivity contribution in [2.24, 2.45) is 5.18 Å². The molecule has 3 nitrogen and oxygen atoms in total. The number of hydrogen-bond acceptors (Lipinski definition) is 3. The Morgan fingerprint density at radius 3 is 2.00 bits per heavy atom. The monoisotopic (exact) mass is 301 g/mol. The van der Waals surface area contributed by atoms with E-state index in [4.69, 9.17) is 39.5 Å². The average Bonchev–Trinajstić information content (AvgIpc) is 2.34. The summed E-state index contributed by atoms with van der Waals surface area (Å²) in [7, 11) is 0. The number of ether oxygens (including phenoxy) is 1. The largest absolute Gasteiger partial charge is 0.454 e. The fraction of sp³-hybridized carbons (Fsp3) is 0. The lowest BCUT2D eigenvalue weighted by atomic mass is 10.3. The van der Waals surface area contributed by atoms with Crippen molar-refractivity contribution in [1.82, 2.24) is 0 Å². The molecule has 6 heteroatoms. The van der Waals surface area contributed by atoms with Gasteiger partial charge in [-0.2, -0.15) is 0 Å². The van der Waals surface area contributed by atoms with Gasteiger partial charge >= 0.3 is 0 Å². The van der Waals surface area contributed by atoms with E-state index < -0.39 is 0 Å². The van der Waals surface area contributed by atoms with Gasteiger partial charge in [-0.1, -0.05) is 34.8 Å². The van der Waals surface area contributed by atoms with Crippen molar-refractivity contribution in [2.45, 2.75) is 0 Å². The Hall–Kier alpha value is -1.29. The lowest BCUT2D eigenvalue weighted by molar-refractivity contribution is 0.483. The van der Waals surface area contributed by atoms with Crippen LogP contribution in [0, 0.1) is 4.91 Å². The Bertz CT molecular complexity index is 561. The Labute approximate surface area is 118 Å². The summed E-state index contributed by atoms with van der Waals surface area (Å²) in [6.07, 6.45) is 0. The third-order valence-corrected chi connectivity index (χ3v) is 2.90. The molecule has 0 amide bonds. The van der Waals surface area contributed by atoms with Gasteiger partial charge in [0.2, 0.25) is 0 Å². The molecule has 2 aromatic carbocycles. The summed E-state index contributed by atoms with van der Waals surface area (Å²) < 4.78 is 5.53. The van der Waals surface area contributed by atoms with E-state index in [1.165, 1.54) is 24.3 Å². The van der Waals surface area contributed by atoms with Gasteiger partial charge in [0.05, 0.1) is 10.0 Å². The van der Waals surface area contributed by atoms with Crippen molar-refractivity contribution in [3.05, 3.63) is 56.4 Å². The second kappa shape index (κ2) is 5.57. The highest BCUT2D eigenvalue weighted by Gasteiger charge is 2.10. The molecule has 0 heterocycles. The zero-order valence-corrected chi connectivity index (χ0v) is 11.1. The van der Waals surface area contributed by atoms with Crippen molar-refractivity contribution < 1.29 is 4.74 Å². The van der Waals surface area contributed by atoms with Gasteiger partial charge in [0.25, 0.3) is 0 Å².